The molecule has 100 valence electrons. The minimum Gasteiger partial charge on any atom is -0.398 e. The van der Waals surface area contributed by atoms with Gasteiger partial charge in [0.15, 0.2) is 5.82 Å². The average Bonchev–Trinajstić information content (AvgIpc) is 2.85. The van der Waals surface area contributed by atoms with E-state index in [0.29, 0.717) is 5.69 Å². The predicted molar refractivity (Wildman–Crippen MR) is 83.6 cm³/mol. The molecule has 0 radical (unpaired) electrons. The highest BCUT2D eigenvalue weighted by atomic mass is 79.9. The van der Waals surface area contributed by atoms with Crippen molar-refractivity contribution in [2.75, 3.05) is 5.73 Å². The van der Waals surface area contributed by atoms with Gasteiger partial charge in [0.1, 0.15) is 5.82 Å². The quantitative estimate of drug-likeness (QED) is 0.731. The van der Waals surface area contributed by atoms with Crippen LogP contribution in [0.4, 0.5) is 5.69 Å². The second-order valence-corrected chi connectivity index (χ2v) is 5.33. The van der Waals surface area contributed by atoms with E-state index in [1.54, 1.807) is 0 Å². The lowest BCUT2D eigenvalue weighted by Gasteiger charge is -2.09. The highest BCUT2D eigenvalue weighted by Gasteiger charge is 2.13. The van der Waals surface area contributed by atoms with E-state index in [0.717, 1.165) is 27.4 Å². The minimum atomic E-state index is 0.705. The van der Waals surface area contributed by atoms with E-state index in [-0.39, 0.29) is 0 Å². The number of hydrogen-bond donors (Lipinski definition) is 1. The number of nitrogen functional groups attached to an aromatic ring is 1. The lowest BCUT2D eigenvalue weighted by atomic mass is 10.2. The average molecular weight is 329 g/mol. The van der Waals surface area contributed by atoms with Gasteiger partial charge in [-0.2, -0.15) is 0 Å². The molecule has 3 rings (SSSR count). The molecule has 0 unspecified atom stereocenters. The molecule has 2 aromatic carbocycles. The third kappa shape index (κ3) is 2.20. The summed E-state index contributed by atoms with van der Waals surface area (Å²) in [5.74, 6) is 1.65. The van der Waals surface area contributed by atoms with Crippen molar-refractivity contribution in [1.29, 1.82) is 0 Å². The lowest BCUT2D eigenvalue weighted by Crippen LogP contribution is -2.00. The maximum absolute atomic E-state index is 5.83. The van der Waals surface area contributed by atoms with Crippen LogP contribution in [0.1, 0.15) is 5.82 Å². The molecule has 5 heteroatoms. The molecular formula is C15H13BrN4. The number of benzene rings is 2. The third-order valence-corrected chi connectivity index (χ3v) is 3.78. The van der Waals surface area contributed by atoms with Crippen molar-refractivity contribution >= 4 is 21.6 Å². The Bertz CT molecular complexity index is 750. The van der Waals surface area contributed by atoms with Crippen LogP contribution in [0, 0.1) is 6.92 Å². The van der Waals surface area contributed by atoms with Gasteiger partial charge >= 0.3 is 0 Å². The normalized spacial score (nSPS) is 10.7. The monoisotopic (exact) mass is 328 g/mol. The maximum atomic E-state index is 5.83. The molecule has 20 heavy (non-hydrogen) atoms. The van der Waals surface area contributed by atoms with Crippen LogP contribution >= 0.6 is 15.9 Å². The molecule has 0 saturated heterocycles. The van der Waals surface area contributed by atoms with Crippen LogP contribution in [0.2, 0.25) is 0 Å². The zero-order valence-corrected chi connectivity index (χ0v) is 12.5. The Hall–Kier alpha value is -2.14. The summed E-state index contributed by atoms with van der Waals surface area (Å²) >= 11 is 3.45. The van der Waals surface area contributed by atoms with Crippen molar-refractivity contribution in [3.8, 4) is 17.1 Å². The number of rotatable bonds is 2. The van der Waals surface area contributed by atoms with E-state index in [9.17, 15) is 0 Å². The molecule has 0 fully saturated rings. The molecule has 0 atom stereocenters. The summed E-state index contributed by atoms with van der Waals surface area (Å²) in [6.07, 6.45) is 0. The Morgan fingerprint density at radius 3 is 2.50 bits per heavy atom. The van der Waals surface area contributed by atoms with Gasteiger partial charge in [-0.3, -0.25) is 4.57 Å². The summed E-state index contributed by atoms with van der Waals surface area (Å²) in [6.45, 7) is 1.94. The van der Waals surface area contributed by atoms with Crippen molar-refractivity contribution in [3.63, 3.8) is 0 Å². The number of aromatic nitrogens is 3. The van der Waals surface area contributed by atoms with Crippen molar-refractivity contribution in [2.45, 2.75) is 6.92 Å². The van der Waals surface area contributed by atoms with E-state index < -0.39 is 0 Å². The molecule has 1 heterocycles. The fourth-order valence-electron chi connectivity index (χ4n) is 2.10. The molecule has 4 nitrogen and oxygen atoms in total. The van der Waals surface area contributed by atoms with Gasteiger partial charge < -0.3 is 5.73 Å². The molecule has 0 spiro atoms. The lowest BCUT2D eigenvalue weighted by molar-refractivity contribution is 0.972. The molecule has 0 aliphatic heterocycles. The second-order valence-electron chi connectivity index (χ2n) is 4.48. The molecule has 3 aromatic rings. The van der Waals surface area contributed by atoms with Crippen LogP contribution in [0.15, 0.2) is 53.0 Å². The van der Waals surface area contributed by atoms with Crippen molar-refractivity contribution in [2.24, 2.45) is 0 Å². The summed E-state index contributed by atoms with van der Waals surface area (Å²) < 4.78 is 2.88. The Balaban J connectivity index is 2.18. The van der Waals surface area contributed by atoms with Gasteiger partial charge in [-0.25, -0.2) is 0 Å². The second kappa shape index (κ2) is 5.09. The summed E-state index contributed by atoms with van der Waals surface area (Å²) in [4.78, 5) is 0. The SMILES string of the molecule is Cc1nnc(-c2ccc(N)c(Br)c2)n1-c1ccccc1. The molecule has 1 aromatic heterocycles. The minimum absolute atomic E-state index is 0.705. The first kappa shape index (κ1) is 12.9. The summed E-state index contributed by atoms with van der Waals surface area (Å²) in [7, 11) is 0. The first-order valence-electron chi connectivity index (χ1n) is 6.19. The van der Waals surface area contributed by atoms with Crippen LogP contribution in [0.25, 0.3) is 17.1 Å². The molecule has 0 amide bonds. The summed E-state index contributed by atoms with van der Waals surface area (Å²) in [5, 5.41) is 8.47. The number of halogens is 1. The number of anilines is 1. The van der Waals surface area contributed by atoms with E-state index >= 15 is 0 Å². The standard InChI is InChI=1S/C15H13BrN4/c1-10-18-19-15(11-7-8-14(17)13(16)9-11)20(10)12-5-3-2-4-6-12/h2-9H,17H2,1H3. The summed E-state index contributed by atoms with van der Waals surface area (Å²) in [5.41, 5.74) is 8.54. The number of nitrogens with zero attached hydrogens (tertiary/aromatic N) is 3. The number of aryl methyl sites for hydroxylation is 1. The smallest absolute Gasteiger partial charge is 0.168 e. The molecule has 0 saturated carbocycles. The Morgan fingerprint density at radius 2 is 1.80 bits per heavy atom. The van der Waals surface area contributed by atoms with Crippen molar-refractivity contribution in [1.82, 2.24) is 14.8 Å². The van der Waals surface area contributed by atoms with Crippen LogP contribution < -0.4 is 5.73 Å². The molecular weight excluding hydrogens is 316 g/mol. The number of hydrogen-bond acceptors (Lipinski definition) is 3. The molecule has 0 bridgehead atoms. The zero-order chi connectivity index (χ0) is 14.1. The summed E-state index contributed by atoms with van der Waals surface area (Å²) in [6, 6.07) is 15.8. The molecule has 0 aliphatic carbocycles. The zero-order valence-electron chi connectivity index (χ0n) is 10.9. The maximum Gasteiger partial charge on any atom is 0.168 e. The van der Waals surface area contributed by atoms with E-state index in [4.69, 9.17) is 5.73 Å². The molecule has 2 N–H and O–H groups in total. The van der Waals surface area contributed by atoms with Gasteiger partial charge in [0.2, 0.25) is 0 Å². The number of nitrogens with two attached hydrogens (primary N) is 1. The van der Waals surface area contributed by atoms with Gasteiger partial charge in [-0.1, -0.05) is 18.2 Å². The van der Waals surface area contributed by atoms with Gasteiger partial charge in [-0.05, 0) is 53.2 Å². The van der Waals surface area contributed by atoms with Gasteiger partial charge in [0, 0.05) is 21.4 Å². The van der Waals surface area contributed by atoms with Crippen LogP contribution in [-0.4, -0.2) is 14.8 Å². The first-order chi connectivity index (χ1) is 9.66. The van der Waals surface area contributed by atoms with Gasteiger partial charge in [-0.15, -0.1) is 10.2 Å². The third-order valence-electron chi connectivity index (χ3n) is 3.10. The topological polar surface area (TPSA) is 56.7 Å². The predicted octanol–water partition coefficient (Wildman–Crippen LogP) is 3.59. The van der Waals surface area contributed by atoms with E-state index in [1.165, 1.54) is 0 Å². The van der Waals surface area contributed by atoms with Gasteiger partial charge in [0.25, 0.3) is 0 Å². The molecule has 0 aliphatic rings. The largest absolute Gasteiger partial charge is 0.398 e. The van der Waals surface area contributed by atoms with Gasteiger partial charge in [0.05, 0.1) is 0 Å². The first-order valence-corrected chi connectivity index (χ1v) is 6.99. The van der Waals surface area contributed by atoms with E-state index in [1.807, 2.05) is 60.0 Å². The van der Waals surface area contributed by atoms with Crippen LogP contribution in [-0.2, 0) is 0 Å². The van der Waals surface area contributed by atoms with Crippen molar-refractivity contribution < 1.29 is 0 Å². The van der Waals surface area contributed by atoms with Crippen LogP contribution in [0.3, 0.4) is 0 Å². The van der Waals surface area contributed by atoms with Crippen molar-refractivity contribution in [3.05, 3.63) is 58.8 Å². The van der Waals surface area contributed by atoms with E-state index in [2.05, 4.69) is 26.1 Å². The highest BCUT2D eigenvalue weighted by molar-refractivity contribution is 9.10. The highest BCUT2D eigenvalue weighted by Crippen LogP contribution is 2.28. The Morgan fingerprint density at radius 1 is 1.05 bits per heavy atom. The fraction of sp³-hybridized carbons (Fsp3) is 0.0667. The fourth-order valence-corrected chi connectivity index (χ4v) is 2.48. The van der Waals surface area contributed by atoms with Crippen LogP contribution in [0.5, 0.6) is 0 Å². The number of para-hydroxylation sites is 1. The Labute approximate surface area is 125 Å². The Kier molecular flexibility index (Phi) is 3.28.